The molecule has 0 atom stereocenters. The molecular weight excluding hydrogens is 318 g/mol. The van der Waals surface area contributed by atoms with E-state index in [0.29, 0.717) is 46.7 Å². The van der Waals surface area contributed by atoms with Gasteiger partial charge in [0.15, 0.2) is 5.65 Å². The standard InChI is InChI=1S/C14H17N5O3S/c1-5-8-10-12(18-14(16-8)23(4,21)22)19-9(6-2)15-7(3)11(19)13(20)17-10/h5-6H2,1-4H3,(H,17,20). The molecule has 0 saturated carbocycles. The number of aromatic amines is 1. The van der Waals surface area contributed by atoms with E-state index in [1.165, 1.54) is 0 Å². The van der Waals surface area contributed by atoms with Crippen molar-refractivity contribution in [3.05, 3.63) is 27.6 Å². The highest BCUT2D eigenvalue weighted by molar-refractivity contribution is 7.90. The molecule has 3 heterocycles. The summed E-state index contributed by atoms with van der Waals surface area (Å²) in [4.78, 5) is 27.9. The highest BCUT2D eigenvalue weighted by Crippen LogP contribution is 2.19. The molecule has 0 unspecified atom stereocenters. The number of nitrogens with zero attached hydrogens (tertiary/aromatic N) is 4. The molecule has 0 amide bonds. The zero-order chi connectivity index (χ0) is 16.9. The van der Waals surface area contributed by atoms with Gasteiger partial charge in [0.05, 0.1) is 11.4 Å². The van der Waals surface area contributed by atoms with Crippen molar-refractivity contribution in [1.82, 2.24) is 24.3 Å². The predicted molar refractivity (Wildman–Crippen MR) is 85.5 cm³/mol. The second kappa shape index (κ2) is 5.12. The Morgan fingerprint density at radius 3 is 2.39 bits per heavy atom. The minimum absolute atomic E-state index is 0.247. The molecule has 23 heavy (non-hydrogen) atoms. The number of hydrogen-bond acceptors (Lipinski definition) is 6. The fourth-order valence-electron chi connectivity index (χ4n) is 2.67. The Morgan fingerprint density at radius 1 is 1.13 bits per heavy atom. The van der Waals surface area contributed by atoms with Gasteiger partial charge in [0, 0.05) is 12.7 Å². The van der Waals surface area contributed by atoms with Crippen LogP contribution in [0.3, 0.4) is 0 Å². The van der Waals surface area contributed by atoms with E-state index in [4.69, 9.17) is 0 Å². The number of rotatable bonds is 3. The first-order valence-corrected chi connectivity index (χ1v) is 9.18. The molecule has 1 N–H and O–H groups in total. The molecule has 0 aliphatic rings. The molecule has 0 fully saturated rings. The summed E-state index contributed by atoms with van der Waals surface area (Å²) >= 11 is 0. The van der Waals surface area contributed by atoms with E-state index in [9.17, 15) is 13.2 Å². The van der Waals surface area contributed by atoms with Crippen LogP contribution in [0, 0.1) is 6.92 Å². The number of fused-ring (bicyclic) bond motifs is 3. The van der Waals surface area contributed by atoms with Crippen LogP contribution in [-0.4, -0.2) is 39.0 Å². The first kappa shape index (κ1) is 15.6. The molecule has 122 valence electrons. The minimum atomic E-state index is -3.57. The number of aryl methyl sites for hydroxylation is 3. The zero-order valence-electron chi connectivity index (χ0n) is 13.3. The normalized spacial score (nSPS) is 12.3. The van der Waals surface area contributed by atoms with Crippen LogP contribution in [0.5, 0.6) is 0 Å². The summed E-state index contributed by atoms with van der Waals surface area (Å²) in [6.45, 7) is 5.51. The summed E-state index contributed by atoms with van der Waals surface area (Å²) in [7, 11) is -3.57. The Labute approximate surface area is 132 Å². The van der Waals surface area contributed by atoms with E-state index >= 15 is 0 Å². The third kappa shape index (κ3) is 2.31. The lowest BCUT2D eigenvalue weighted by atomic mass is 10.3. The number of nitrogens with one attached hydrogen (secondary N) is 1. The van der Waals surface area contributed by atoms with Gasteiger partial charge < -0.3 is 4.98 Å². The molecule has 0 radical (unpaired) electrons. The first-order chi connectivity index (χ1) is 10.8. The average molecular weight is 335 g/mol. The number of sulfone groups is 1. The third-order valence-electron chi connectivity index (χ3n) is 3.71. The van der Waals surface area contributed by atoms with Crippen molar-refractivity contribution in [1.29, 1.82) is 0 Å². The molecule has 0 aliphatic heterocycles. The maximum atomic E-state index is 12.4. The van der Waals surface area contributed by atoms with Crippen LogP contribution in [-0.2, 0) is 22.7 Å². The zero-order valence-corrected chi connectivity index (χ0v) is 14.2. The van der Waals surface area contributed by atoms with Gasteiger partial charge in [0.2, 0.25) is 15.0 Å². The number of H-pyrrole nitrogens is 1. The van der Waals surface area contributed by atoms with E-state index in [0.717, 1.165) is 6.26 Å². The summed E-state index contributed by atoms with van der Waals surface area (Å²) in [6.07, 6.45) is 2.13. The molecule has 3 aromatic heterocycles. The third-order valence-corrected chi connectivity index (χ3v) is 4.56. The Kier molecular flexibility index (Phi) is 3.47. The lowest BCUT2D eigenvalue weighted by Crippen LogP contribution is -2.17. The maximum absolute atomic E-state index is 12.4. The highest BCUT2D eigenvalue weighted by Gasteiger charge is 2.20. The number of aromatic nitrogens is 5. The Morgan fingerprint density at radius 2 is 1.83 bits per heavy atom. The number of hydrogen-bond donors (Lipinski definition) is 1. The lowest BCUT2D eigenvalue weighted by Gasteiger charge is -2.09. The topological polar surface area (TPSA) is 110 Å². The van der Waals surface area contributed by atoms with Gasteiger partial charge in [-0.25, -0.2) is 18.4 Å². The van der Waals surface area contributed by atoms with E-state index in [-0.39, 0.29) is 10.7 Å². The Balaban J connectivity index is 2.65. The Hall–Kier alpha value is -2.29. The first-order valence-electron chi connectivity index (χ1n) is 7.28. The van der Waals surface area contributed by atoms with Crippen LogP contribution in [0.2, 0.25) is 0 Å². The summed E-state index contributed by atoms with van der Waals surface area (Å²) in [5.74, 6) is 0.661. The molecule has 0 spiro atoms. The van der Waals surface area contributed by atoms with Gasteiger partial charge in [0.1, 0.15) is 16.9 Å². The largest absolute Gasteiger partial charge is 0.316 e. The molecule has 0 saturated heterocycles. The molecule has 0 aromatic carbocycles. The van der Waals surface area contributed by atoms with Gasteiger partial charge in [-0.2, -0.15) is 4.98 Å². The van der Waals surface area contributed by atoms with Crippen LogP contribution >= 0.6 is 0 Å². The molecule has 9 heteroatoms. The van der Waals surface area contributed by atoms with Gasteiger partial charge in [-0.3, -0.25) is 9.20 Å². The molecular formula is C14H17N5O3S. The van der Waals surface area contributed by atoms with Crippen LogP contribution in [0.15, 0.2) is 9.95 Å². The van der Waals surface area contributed by atoms with Gasteiger partial charge in [-0.05, 0) is 13.3 Å². The van der Waals surface area contributed by atoms with Crippen molar-refractivity contribution >= 4 is 26.5 Å². The Bertz CT molecular complexity index is 1100. The monoisotopic (exact) mass is 335 g/mol. The summed E-state index contributed by atoms with van der Waals surface area (Å²) in [6, 6.07) is 0. The van der Waals surface area contributed by atoms with Crippen LogP contribution in [0.1, 0.15) is 31.1 Å². The van der Waals surface area contributed by atoms with E-state index in [1.54, 1.807) is 11.3 Å². The van der Waals surface area contributed by atoms with Crippen LogP contribution in [0.4, 0.5) is 0 Å². The van der Waals surface area contributed by atoms with Gasteiger partial charge in [-0.15, -0.1) is 0 Å². The van der Waals surface area contributed by atoms with Gasteiger partial charge >= 0.3 is 0 Å². The molecule has 0 aliphatic carbocycles. The molecule has 8 nitrogen and oxygen atoms in total. The minimum Gasteiger partial charge on any atom is -0.316 e. The maximum Gasteiger partial charge on any atom is 0.274 e. The second-order valence-electron chi connectivity index (χ2n) is 5.38. The van der Waals surface area contributed by atoms with Crippen molar-refractivity contribution in [2.24, 2.45) is 0 Å². The van der Waals surface area contributed by atoms with E-state index < -0.39 is 9.84 Å². The average Bonchev–Trinajstić information content (AvgIpc) is 2.83. The van der Waals surface area contributed by atoms with Gasteiger partial charge in [-0.1, -0.05) is 13.8 Å². The van der Waals surface area contributed by atoms with Crippen molar-refractivity contribution in [3.8, 4) is 0 Å². The summed E-state index contributed by atoms with van der Waals surface area (Å²) < 4.78 is 25.4. The van der Waals surface area contributed by atoms with Gasteiger partial charge in [0.25, 0.3) is 5.56 Å². The fraction of sp³-hybridized carbons (Fsp3) is 0.429. The molecule has 0 bridgehead atoms. The molecule has 3 rings (SSSR count). The van der Waals surface area contributed by atoms with Crippen LogP contribution in [0.25, 0.3) is 16.7 Å². The lowest BCUT2D eigenvalue weighted by molar-refractivity contribution is 0.592. The fourth-order valence-corrected chi connectivity index (χ4v) is 3.20. The van der Waals surface area contributed by atoms with Crippen molar-refractivity contribution in [2.75, 3.05) is 6.26 Å². The second-order valence-corrected chi connectivity index (χ2v) is 7.29. The van der Waals surface area contributed by atoms with Crippen LogP contribution < -0.4 is 5.56 Å². The van der Waals surface area contributed by atoms with E-state index in [2.05, 4.69) is 19.9 Å². The van der Waals surface area contributed by atoms with Crippen molar-refractivity contribution < 1.29 is 8.42 Å². The predicted octanol–water partition coefficient (Wildman–Crippen LogP) is 0.803. The molecule has 3 aromatic rings. The number of imidazole rings is 1. The summed E-state index contributed by atoms with van der Waals surface area (Å²) in [5.41, 5.74) is 1.99. The quantitative estimate of drug-likeness (QED) is 0.709. The van der Waals surface area contributed by atoms with Crippen molar-refractivity contribution in [2.45, 2.75) is 38.8 Å². The smallest absolute Gasteiger partial charge is 0.274 e. The SMILES string of the molecule is CCc1nc(S(C)(=O)=O)nc2c1[nH]c(=O)c1c(C)nc(CC)n12. The van der Waals surface area contributed by atoms with Crippen molar-refractivity contribution in [3.63, 3.8) is 0 Å². The van der Waals surface area contributed by atoms with E-state index in [1.807, 2.05) is 13.8 Å². The highest BCUT2D eigenvalue weighted by atomic mass is 32.2. The summed E-state index contributed by atoms with van der Waals surface area (Å²) in [5, 5.41) is -0.247.